The van der Waals surface area contributed by atoms with Gasteiger partial charge in [0.2, 0.25) is 5.91 Å². The fraction of sp³-hybridized carbons (Fsp3) is 0.444. The number of likely N-dealkylation sites (N-methyl/N-ethyl adjacent to an activating group) is 1. The molecule has 1 aliphatic rings. The van der Waals surface area contributed by atoms with Crippen LogP contribution >= 0.6 is 11.5 Å². The minimum Gasteiger partial charge on any atom is -0.382 e. The van der Waals surface area contributed by atoms with Crippen LogP contribution in [0.2, 0.25) is 0 Å². The van der Waals surface area contributed by atoms with Crippen molar-refractivity contribution in [3.8, 4) is 6.07 Å². The van der Waals surface area contributed by atoms with Crippen molar-refractivity contribution in [3.63, 3.8) is 0 Å². The predicted molar refractivity (Wildman–Crippen MR) is 61.1 cm³/mol. The molecule has 0 aromatic carbocycles. The molecule has 0 unspecified atom stereocenters. The van der Waals surface area contributed by atoms with Crippen LogP contribution in [-0.2, 0) is 4.79 Å². The van der Waals surface area contributed by atoms with Crippen molar-refractivity contribution in [1.29, 1.82) is 5.26 Å². The number of piperazine rings is 1. The zero-order valence-corrected chi connectivity index (χ0v) is 9.62. The number of nitrogen functional groups attached to an aromatic ring is 1. The van der Waals surface area contributed by atoms with Crippen molar-refractivity contribution in [2.75, 3.05) is 37.3 Å². The maximum Gasteiger partial charge on any atom is 0.241 e. The SMILES string of the molecule is CN1CCN(c2snc(N)c2C#N)CC1=O. The molecule has 1 fully saturated rings. The average Bonchev–Trinajstić information content (AvgIpc) is 2.63. The van der Waals surface area contributed by atoms with Crippen molar-refractivity contribution >= 4 is 28.3 Å². The Hall–Kier alpha value is -1.81. The molecule has 1 aromatic heterocycles. The van der Waals surface area contributed by atoms with E-state index in [1.165, 1.54) is 11.5 Å². The normalized spacial score (nSPS) is 16.4. The molecule has 0 aliphatic carbocycles. The maximum absolute atomic E-state index is 11.5. The summed E-state index contributed by atoms with van der Waals surface area (Å²) in [5.74, 6) is 0.288. The number of hydrogen-bond donors (Lipinski definition) is 1. The summed E-state index contributed by atoms with van der Waals surface area (Å²) < 4.78 is 3.94. The summed E-state index contributed by atoms with van der Waals surface area (Å²) >= 11 is 1.17. The standard InChI is InChI=1S/C9H11N5OS/c1-13-2-3-14(5-7(13)15)9-6(4-10)8(11)12-16-9/h2-3,5H2,1H3,(H2,11,12). The third-order valence-electron chi connectivity index (χ3n) is 2.56. The highest BCUT2D eigenvalue weighted by Crippen LogP contribution is 2.30. The molecule has 0 bridgehead atoms. The van der Waals surface area contributed by atoms with Gasteiger partial charge in [0.25, 0.3) is 0 Å². The molecule has 1 saturated heterocycles. The van der Waals surface area contributed by atoms with Crippen molar-refractivity contribution in [2.45, 2.75) is 0 Å². The van der Waals surface area contributed by atoms with E-state index < -0.39 is 0 Å². The topological polar surface area (TPSA) is 86.2 Å². The molecule has 0 radical (unpaired) electrons. The number of anilines is 2. The zero-order valence-electron chi connectivity index (χ0n) is 8.80. The number of nitriles is 1. The summed E-state index contributed by atoms with van der Waals surface area (Å²) in [7, 11) is 1.77. The van der Waals surface area contributed by atoms with Gasteiger partial charge in [-0.15, -0.1) is 0 Å². The number of rotatable bonds is 1. The smallest absolute Gasteiger partial charge is 0.241 e. The van der Waals surface area contributed by atoms with Gasteiger partial charge in [0.15, 0.2) is 5.82 Å². The number of hydrogen-bond acceptors (Lipinski definition) is 6. The maximum atomic E-state index is 11.5. The first-order valence-electron chi connectivity index (χ1n) is 4.77. The lowest BCUT2D eigenvalue weighted by molar-refractivity contribution is -0.129. The Morgan fingerprint density at radius 2 is 2.31 bits per heavy atom. The van der Waals surface area contributed by atoms with E-state index in [0.29, 0.717) is 23.7 Å². The van der Waals surface area contributed by atoms with E-state index in [0.717, 1.165) is 0 Å². The molecule has 1 amide bonds. The van der Waals surface area contributed by atoms with Crippen LogP contribution in [0.15, 0.2) is 0 Å². The van der Waals surface area contributed by atoms with E-state index >= 15 is 0 Å². The molecule has 0 spiro atoms. The van der Waals surface area contributed by atoms with Gasteiger partial charge in [0.1, 0.15) is 16.6 Å². The Balaban J connectivity index is 2.26. The van der Waals surface area contributed by atoms with Crippen LogP contribution in [-0.4, -0.2) is 41.9 Å². The summed E-state index contributed by atoms with van der Waals surface area (Å²) in [5.41, 5.74) is 5.95. The Kier molecular flexibility index (Phi) is 2.66. The van der Waals surface area contributed by atoms with E-state index in [1.807, 2.05) is 11.0 Å². The molecular formula is C9H11N5OS. The third kappa shape index (κ3) is 1.67. The number of nitrogens with two attached hydrogens (primary N) is 1. The first-order chi connectivity index (χ1) is 7.63. The average molecular weight is 237 g/mol. The lowest BCUT2D eigenvalue weighted by Gasteiger charge is -2.32. The first kappa shape index (κ1) is 10.7. The monoisotopic (exact) mass is 237 g/mol. The number of carbonyl (C=O) groups excluding carboxylic acids is 1. The van der Waals surface area contributed by atoms with Crippen LogP contribution in [0.5, 0.6) is 0 Å². The van der Waals surface area contributed by atoms with Crippen molar-refractivity contribution in [1.82, 2.24) is 9.27 Å². The number of carbonyl (C=O) groups is 1. The van der Waals surface area contributed by atoms with Gasteiger partial charge in [-0.05, 0) is 11.5 Å². The minimum absolute atomic E-state index is 0.0436. The van der Waals surface area contributed by atoms with Crippen LogP contribution in [0.25, 0.3) is 0 Å². The molecule has 2 N–H and O–H groups in total. The second-order valence-electron chi connectivity index (χ2n) is 3.60. The van der Waals surface area contributed by atoms with Gasteiger partial charge in [-0.2, -0.15) is 9.64 Å². The van der Waals surface area contributed by atoms with Crippen molar-refractivity contribution in [2.24, 2.45) is 0 Å². The summed E-state index contributed by atoms with van der Waals surface area (Å²) in [6.07, 6.45) is 0. The van der Waals surface area contributed by atoms with Gasteiger partial charge in [0, 0.05) is 20.1 Å². The molecule has 0 atom stereocenters. The van der Waals surface area contributed by atoms with Gasteiger partial charge in [0.05, 0.1) is 6.54 Å². The molecule has 1 aliphatic heterocycles. The first-order valence-corrected chi connectivity index (χ1v) is 5.55. The summed E-state index contributed by atoms with van der Waals surface area (Å²) in [6, 6.07) is 2.02. The molecule has 2 rings (SSSR count). The highest BCUT2D eigenvalue weighted by molar-refractivity contribution is 7.10. The lowest BCUT2D eigenvalue weighted by atomic mass is 10.3. The van der Waals surface area contributed by atoms with E-state index in [9.17, 15) is 4.79 Å². The minimum atomic E-state index is 0.0436. The van der Waals surface area contributed by atoms with Gasteiger partial charge < -0.3 is 15.5 Å². The Morgan fingerprint density at radius 3 is 2.94 bits per heavy atom. The predicted octanol–water partition coefficient (Wildman–Crippen LogP) is -0.125. The number of nitrogens with zero attached hydrogens (tertiary/aromatic N) is 4. The van der Waals surface area contributed by atoms with E-state index in [-0.39, 0.29) is 18.3 Å². The number of aromatic nitrogens is 1. The fourth-order valence-corrected chi connectivity index (χ4v) is 2.33. The van der Waals surface area contributed by atoms with Crippen LogP contribution in [0.1, 0.15) is 5.56 Å². The van der Waals surface area contributed by atoms with Crippen LogP contribution in [0.4, 0.5) is 10.8 Å². The van der Waals surface area contributed by atoms with Gasteiger partial charge >= 0.3 is 0 Å². The Labute approximate surface area is 97.0 Å². The molecule has 2 heterocycles. The zero-order chi connectivity index (χ0) is 11.7. The quantitative estimate of drug-likeness (QED) is 0.735. The highest BCUT2D eigenvalue weighted by atomic mass is 32.1. The largest absolute Gasteiger partial charge is 0.382 e. The Bertz CT molecular complexity index is 463. The molecule has 16 heavy (non-hydrogen) atoms. The van der Waals surface area contributed by atoms with Gasteiger partial charge in [-0.1, -0.05) is 0 Å². The fourth-order valence-electron chi connectivity index (χ4n) is 1.55. The second kappa shape index (κ2) is 3.98. The molecule has 7 heteroatoms. The molecule has 0 saturated carbocycles. The Morgan fingerprint density at radius 1 is 1.56 bits per heavy atom. The molecule has 1 aromatic rings. The van der Waals surface area contributed by atoms with Crippen LogP contribution in [0, 0.1) is 11.3 Å². The third-order valence-corrected chi connectivity index (χ3v) is 3.48. The molecule has 84 valence electrons. The number of amides is 1. The van der Waals surface area contributed by atoms with Gasteiger partial charge in [-0.25, -0.2) is 0 Å². The van der Waals surface area contributed by atoms with Crippen LogP contribution < -0.4 is 10.6 Å². The van der Waals surface area contributed by atoms with E-state index in [1.54, 1.807) is 11.9 Å². The van der Waals surface area contributed by atoms with Crippen LogP contribution in [0.3, 0.4) is 0 Å². The highest BCUT2D eigenvalue weighted by Gasteiger charge is 2.25. The van der Waals surface area contributed by atoms with E-state index in [2.05, 4.69) is 4.37 Å². The van der Waals surface area contributed by atoms with Crippen molar-refractivity contribution in [3.05, 3.63) is 5.56 Å². The summed E-state index contributed by atoms with van der Waals surface area (Å²) in [6.45, 7) is 1.65. The molecular weight excluding hydrogens is 226 g/mol. The van der Waals surface area contributed by atoms with Gasteiger partial charge in [-0.3, -0.25) is 4.79 Å². The van der Waals surface area contributed by atoms with E-state index in [4.69, 9.17) is 11.0 Å². The lowest BCUT2D eigenvalue weighted by Crippen LogP contribution is -2.48. The second-order valence-corrected chi connectivity index (χ2v) is 4.35. The summed E-state index contributed by atoms with van der Waals surface area (Å²) in [5, 5.41) is 9.65. The molecule has 6 nitrogen and oxygen atoms in total. The summed E-state index contributed by atoms with van der Waals surface area (Å²) in [4.78, 5) is 15.1. The van der Waals surface area contributed by atoms with Crippen molar-refractivity contribution < 1.29 is 4.79 Å².